The fraction of sp³-hybridized carbons (Fsp3) is 0.583. The molecule has 0 aliphatic heterocycles. The van der Waals surface area contributed by atoms with Gasteiger partial charge in [-0.25, -0.2) is 4.98 Å². The smallest absolute Gasteiger partial charge is 0.129 e. The highest BCUT2D eigenvalue weighted by atomic mass is 35.5. The molecule has 1 aromatic rings. The Balaban J connectivity index is 2.15. The van der Waals surface area contributed by atoms with Gasteiger partial charge in [-0.15, -0.1) is 0 Å². The average molecular weight is 228 g/mol. The van der Waals surface area contributed by atoms with E-state index in [9.17, 15) is 0 Å². The Bertz CT molecular complexity index is 289. The molecular formula is C12H18ClNO. The fourth-order valence-corrected chi connectivity index (χ4v) is 1.51. The maximum Gasteiger partial charge on any atom is 0.129 e. The summed E-state index contributed by atoms with van der Waals surface area (Å²) in [6.07, 6.45) is 4.04. The molecule has 0 aliphatic rings. The third-order valence-corrected chi connectivity index (χ3v) is 2.34. The molecule has 3 heteroatoms. The molecular weight excluding hydrogens is 210 g/mol. The minimum atomic E-state index is 0.526. The van der Waals surface area contributed by atoms with E-state index >= 15 is 0 Å². The number of ether oxygens (including phenoxy) is 1. The second kappa shape index (κ2) is 6.81. The molecule has 0 unspecified atom stereocenters. The van der Waals surface area contributed by atoms with Crippen LogP contribution < -0.4 is 0 Å². The molecule has 0 fully saturated rings. The average Bonchev–Trinajstić information content (AvgIpc) is 2.17. The normalized spacial score (nSPS) is 10.9. The first-order chi connectivity index (χ1) is 7.18. The highest BCUT2D eigenvalue weighted by Gasteiger charge is 1.97. The van der Waals surface area contributed by atoms with Crippen molar-refractivity contribution in [3.63, 3.8) is 0 Å². The van der Waals surface area contributed by atoms with Crippen molar-refractivity contribution in [2.45, 2.75) is 33.3 Å². The lowest BCUT2D eigenvalue weighted by Gasteiger charge is -2.06. The lowest BCUT2D eigenvalue weighted by Crippen LogP contribution is -1.98. The zero-order valence-electron chi connectivity index (χ0n) is 9.37. The zero-order chi connectivity index (χ0) is 11.1. The lowest BCUT2D eigenvalue weighted by atomic mass is 10.1. The summed E-state index contributed by atoms with van der Waals surface area (Å²) < 4.78 is 5.54. The molecule has 2 nitrogen and oxygen atoms in total. The maximum absolute atomic E-state index is 5.76. The first kappa shape index (κ1) is 12.5. The highest BCUT2D eigenvalue weighted by Crippen LogP contribution is 2.09. The molecule has 1 rings (SSSR count). The summed E-state index contributed by atoms with van der Waals surface area (Å²) in [4.78, 5) is 3.92. The van der Waals surface area contributed by atoms with E-state index < -0.39 is 0 Å². The SMILES string of the molecule is CC(C)CCCOCc1ccnc(Cl)c1. The van der Waals surface area contributed by atoms with E-state index in [4.69, 9.17) is 16.3 Å². The molecule has 0 spiro atoms. The molecule has 0 radical (unpaired) electrons. The van der Waals surface area contributed by atoms with Crippen LogP contribution in [-0.4, -0.2) is 11.6 Å². The van der Waals surface area contributed by atoms with Gasteiger partial charge < -0.3 is 4.74 Å². The number of hydrogen-bond acceptors (Lipinski definition) is 2. The number of nitrogens with zero attached hydrogens (tertiary/aromatic N) is 1. The van der Waals surface area contributed by atoms with E-state index in [0.717, 1.165) is 24.5 Å². The van der Waals surface area contributed by atoms with E-state index in [2.05, 4.69) is 18.8 Å². The minimum Gasteiger partial charge on any atom is -0.377 e. The molecule has 0 N–H and O–H groups in total. The molecule has 0 saturated carbocycles. The van der Waals surface area contributed by atoms with Gasteiger partial charge in [0.1, 0.15) is 5.15 Å². The molecule has 0 bridgehead atoms. The molecule has 84 valence electrons. The minimum absolute atomic E-state index is 0.526. The van der Waals surface area contributed by atoms with Crippen molar-refractivity contribution in [3.8, 4) is 0 Å². The molecule has 15 heavy (non-hydrogen) atoms. The fourth-order valence-electron chi connectivity index (χ4n) is 1.32. The standard InChI is InChI=1S/C12H18ClNO/c1-10(2)4-3-7-15-9-11-5-6-14-12(13)8-11/h5-6,8,10H,3-4,7,9H2,1-2H3. The van der Waals surface area contributed by atoms with Gasteiger partial charge in [0, 0.05) is 12.8 Å². The van der Waals surface area contributed by atoms with Gasteiger partial charge in [0.05, 0.1) is 6.61 Å². The lowest BCUT2D eigenvalue weighted by molar-refractivity contribution is 0.115. The summed E-state index contributed by atoms with van der Waals surface area (Å²) in [6, 6.07) is 3.76. The Hall–Kier alpha value is -0.600. The summed E-state index contributed by atoms with van der Waals surface area (Å²) in [6.45, 7) is 5.89. The Kier molecular flexibility index (Phi) is 5.66. The quantitative estimate of drug-likeness (QED) is 0.546. The second-order valence-corrected chi connectivity index (χ2v) is 4.46. The second-order valence-electron chi connectivity index (χ2n) is 4.08. The van der Waals surface area contributed by atoms with Crippen LogP contribution in [0, 0.1) is 5.92 Å². The molecule has 0 atom stereocenters. The monoisotopic (exact) mass is 227 g/mol. The van der Waals surface area contributed by atoms with E-state index in [0.29, 0.717) is 11.8 Å². The van der Waals surface area contributed by atoms with Crippen LogP contribution in [0.4, 0.5) is 0 Å². The van der Waals surface area contributed by atoms with Crippen LogP contribution in [0.3, 0.4) is 0 Å². The van der Waals surface area contributed by atoms with E-state index in [-0.39, 0.29) is 0 Å². The van der Waals surface area contributed by atoms with Crippen LogP contribution in [0.15, 0.2) is 18.3 Å². The molecule has 0 saturated heterocycles. The largest absolute Gasteiger partial charge is 0.377 e. The number of halogens is 1. The Morgan fingerprint density at radius 1 is 1.47 bits per heavy atom. The van der Waals surface area contributed by atoms with Gasteiger partial charge in [0.15, 0.2) is 0 Å². The first-order valence-electron chi connectivity index (χ1n) is 5.36. The van der Waals surface area contributed by atoms with Crippen molar-refractivity contribution in [3.05, 3.63) is 29.0 Å². The van der Waals surface area contributed by atoms with Crippen molar-refractivity contribution < 1.29 is 4.74 Å². The van der Waals surface area contributed by atoms with E-state index in [1.807, 2.05) is 12.1 Å². The summed E-state index contributed by atoms with van der Waals surface area (Å²) in [5.41, 5.74) is 1.08. The molecule has 0 aliphatic carbocycles. The van der Waals surface area contributed by atoms with Gasteiger partial charge in [-0.1, -0.05) is 25.4 Å². The maximum atomic E-state index is 5.76. The van der Waals surface area contributed by atoms with Gasteiger partial charge in [-0.3, -0.25) is 0 Å². The first-order valence-corrected chi connectivity index (χ1v) is 5.74. The van der Waals surface area contributed by atoms with E-state index in [1.165, 1.54) is 6.42 Å². The van der Waals surface area contributed by atoms with Gasteiger partial charge in [0.25, 0.3) is 0 Å². The number of aromatic nitrogens is 1. The van der Waals surface area contributed by atoms with Crippen molar-refractivity contribution in [2.24, 2.45) is 5.92 Å². The predicted octanol–water partition coefficient (Wildman–Crippen LogP) is 3.69. The van der Waals surface area contributed by atoms with Crippen LogP contribution in [0.1, 0.15) is 32.3 Å². The highest BCUT2D eigenvalue weighted by molar-refractivity contribution is 6.29. The summed E-state index contributed by atoms with van der Waals surface area (Å²) in [5.74, 6) is 0.754. The zero-order valence-corrected chi connectivity index (χ0v) is 10.1. The van der Waals surface area contributed by atoms with Gasteiger partial charge in [-0.05, 0) is 36.5 Å². The van der Waals surface area contributed by atoms with Crippen molar-refractivity contribution in [1.82, 2.24) is 4.98 Å². The Labute approximate surface area is 96.6 Å². The van der Waals surface area contributed by atoms with Crippen LogP contribution in [0.2, 0.25) is 5.15 Å². The summed E-state index contributed by atoms with van der Waals surface area (Å²) >= 11 is 5.76. The van der Waals surface area contributed by atoms with Gasteiger partial charge in [0.2, 0.25) is 0 Å². The van der Waals surface area contributed by atoms with Crippen molar-refractivity contribution in [1.29, 1.82) is 0 Å². The molecule has 0 amide bonds. The summed E-state index contributed by atoms with van der Waals surface area (Å²) in [7, 11) is 0. The third kappa shape index (κ3) is 5.75. The Morgan fingerprint density at radius 2 is 2.27 bits per heavy atom. The third-order valence-electron chi connectivity index (χ3n) is 2.13. The number of hydrogen-bond donors (Lipinski definition) is 0. The molecule has 1 aromatic heterocycles. The Morgan fingerprint density at radius 3 is 2.93 bits per heavy atom. The predicted molar refractivity (Wildman–Crippen MR) is 63.0 cm³/mol. The van der Waals surface area contributed by atoms with Crippen molar-refractivity contribution >= 4 is 11.6 Å². The molecule has 0 aromatic carbocycles. The van der Waals surface area contributed by atoms with Crippen LogP contribution in [0.5, 0.6) is 0 Å². The van der Waals surface area contributed by atoms with Crippen molar-refractivity contribution in [2.75, 3.05) is 6.61 Å². The van der Waals surface area contributed by atoms with Gasteiger partial charge in [-0.2, -0.15) is 0 Å². The van der Waals surface area contributed by atoms with Gasteiger partial charge >= 0.3 is 0 Å². The number of pyridine rings is 1. The van der Waals surface area contributed by atoms with Crippen LogP contribution in [0.25, 0.3) is 0 Å². The van der Waals surface area contributed by atoms with E-state index in [1.54, 1.807) is 6.20 Å². The topological polar surface area (TPSA) is 22.1 Å². The molecule has 1 heterocycles. The summed E-state index contributed by atoms with van der Waals surface area (Å²) in [5, 5.41) is 0.526. The van der Waals surface area contributed by atoms with Crippen LogP contribution in [-0.2, 0) is 11.3 Å². The van der Waals surface area contributed by atoms with Crippen LogP contribution >= 0.6 is 11.6 Å². The number of rotatable bonds is 6.